The van der Waals surface area contributed by atoms with E-state index in [0.29, 0.717) is 12.2 Å². The molecule has 0 fully saturated rings. The number of nitrogens with zero attached hydrogens (tertiary/aromatic N) is 1. The molecule has 0 atom stereocenters. The van der Waals surface area contributed by atoms with Gasteiger partial charge in [0.05, 0.1) is 6.54 Å². The first-order valence-electron chi connectivity index (χ1n) is 7.60. The molecule has 23 heavy (non-hydrogen) atoms. The van der Waals surface area contributed by atoms with Crippen LogP contribution >= 0.6 is 0 Å². The molecule has 0 aliphatic heterocycles. The first-order chi connectivity index (χ1) is 10.9. The minimum atomic E-state index is -0.600. The molecule has 2 aromatic rings. The number of rotatable bonds is 3. The van der Waals surface area contributed by atoms with E-state index in [9.17, 15) is 9.59 Å². The highest BCUT2D eigenvalue weighted by Crippen LogP contribution is 2.17. The lowest BCUT2D eigenvalue weighted by Gasteiger charge is -2.25. The van der Waals surface area contributed by atoms with E-state index in [4.69, 9.17) is 0 Å². The Labute approximate surface area is 137 Å². The predicted molar refractivity (Wildman–Crippen MR) is 92.0 cm³/mol. The van der Waals surface area contributed by atoms with Crippen LogP contribution in [-0.2, 0) is 16.1 Å². The van der Waals surface area contributed by atoms with Crippen LogP contribution < -0.4 is 10.2 Å². The van der Waals surface area contributed by atoms with Crippen molar-refractivity contribution in [3.05, 3.63) is 66.2 Å². The van der Waals surface area contributed by atoms with Crippen molar-refractivity contribution in [3.63, 3.8) is 0 Å². The molecule has 2 aromatic carbocycles. The van der Waals surface area contributed by atoms with Gasteiger partial charge in [-0.15, -0.1) is 0 Å². The molecule has 0 aromatic heterocycles. The number of hydrogen-bond acceptors (Lipinski definition) is 2. The van der Waals surface area contributed by atoms with E-state index in [1.54, 1.807) is 0 Å². The van der Waals surface area contributed by atoms with Crippen molar-refractivity contribution in [3.8, 4) is 0 Å². The largest absolute Gasteiger partial charge is 0.343 e. The van der Waals surface area contributed by atoms with Crippen molar-refractivity contribution in [1.82, 2.24) is 5.32 Å². The van der Waals surface area contributed by atoms with E-state index in [1.165, 1.54) is 4.90 Å². The Bertz CT molecular complexity index is 661. The minimum Gasteiger partial charge on any atom is -0.343 e. The fourth-order valence-electron chi connectivity index (χ4n) is 2.17. The van der Waals surface area contributed by atoms with E-state index in [2.05, 4.69) is 5.32 Å². The number of nitrogens with one attached hydrogen (secondary N) is 1. The van der Waals surface area contributed by atoms with Crippen molar-refractivity contribution in [2.45, 2.75) is 32.9 Å². The summed E-state index contributed by atoms with van der Waals surface area (Å²) in [7, 11) is 0. The average Bonchev–Trinajstić information content (AvgIpc) is 2.52. The fourth-order valence-corrected chi connectivity index (χ4v) is 2.17. The van der Waals surface area contributed by atoms with Gasteiger partial charge in [-0.1, -0.05) is 48.5 Å². The smallest absolute Gasteiger partial charge is 0.316 e. The first-order valence-corrected chi connectivity index (χ1v) is 7.60. The van der Waals surface area contributed by atoms with Crippen molar-refractivity contribution < 1.29 is 9.59 Å². The monoisotopic (exact) mass is 310 g/mol. The zero-order chi connectivity index (χ0) is 16.9. The summed E-state index contributed by atoms with van der Waals surface area (Å²) in [5.74, 6) is -1.16. The third-order valence-corrected chi connectivity index (χ3v) is 3.18. The van der Waals surface area contributed by atoms with Crippen molar-refractivity contribution in [2.24, 2.45) is 0 Å². The first kappa shape index (κ1) is 16.7. The minimum absolute atomic E-state index is 0.348. The number of para-hydroxylation sites is 1. The molecule has 0 spiro atoms. The number of carbonyl (C=O) groups is 2. The van der Waals surface area contributed by atoms with Gasteiger partial charge >= 0.3 is 11.8 Å². The van der Waals surface area contributed by atoms with Gasteiger partial charge in [0.2, 0.25) is 0 Å². The van der Waals surface area contributed by atoms with Crippen LogP contribution in [0.1, 0.15) is 26.3 Å². The van der Waals surface area contributed by atoms with Crippen LogP contribution in [0.15, 0.2) is 60.7 Å². The summed E-state index contributed by atoms with van der Waals surface area (Å²) in [6.45, 7) is 5.90. The Morgan fingerprint density at radius 1 is 0.913 bits per heavy atom. The molecule has 4 heteroatoms. The van der Waals surface area contributed by atoms with Crippen LogP contribution in [0, 0.1) is 0 Å². The molecule has 0 heterocycles. The summed E-state index contributed by atoms with van der Waals surface area (Å²) in [5.41, 5.74) is 1.21. The van der Waals surface area contributed by atoms with Gasteiger partial charge in [0, 0.05) is 11.2 Å². The predicted octanol–water partition coefficient (Wildman–Crippen LogP) is 3.13. The van der Waals surface area contributed by atoms with Crippen LogP contribution in [0.5, 0.6) is 0 Å². The van der Waals surface area contributed by atoms with Crippen LogP contribution in [0.4, 0.5) is 5.69 Å². The summed E-state index contributed by atoms with van der Waals surface area (Å²) in [4.78, 5) is 26.4. The number of anilines is 1. The van der Waals surface area contributed by atoms with Crippen molar-refractivity contribution >= 4 is 17.5 Å². The molecule has 0 aliphatic carbocycles. The maximum absolute atomic E-state index is 12.6. The topological polar surface area (TPSA) is 49.4 Å². The standard InChI is InChI=1S/C19H22N2O2/c1-19(2,3)20-17(22)18(23)21(16-12-8-5-9-13-16)14-15-10-6-4-7-11-15/h4-13H,14H2,1-3H3,(H,20,22). The van der Waals surface area contributed by atoms with Crippen LogP contribution in [-0.4, -0.2) is 17.4 Å². The van der Waals surface area contributed by atoms with Gasteiger partial charge in [0.15, 0.2) is 0 Å². The summed E-state index contributed by atoms with van der Waals surface area (Å²) >= 11 is 0. The molecule has 2 amide bonds. The third kappa shape index (κ3) is 4.95. The Balaban J connectivity index is 2.27. The van der Waals surface area contributed by atoms with Gasteiger partial charge in [-0.05, 0) is 38.5 Å². The second kappa shape index (κ2) is 7.09. The molecule has 0 saturated heterocycles. The molecule has 2 rings (SSSR count). The SMILES string of the molecule is CC(C)(C)NC(=O)C(=O)N(Cc1ccccc1)c1ccccc1. The highest BCUT2D eigenvalue weighted by Gasteiger charge is 2.26. The molecule has 0 bridgehead atoms. The number of carbonyl (C=O) groups excluding carboxylic acids is 2. The van der Waals surface area contributed by atoms with Gasteiger partial charge in [0.1, 0.15) is 0 Å². The van der Waals surface area contributed by atoms with Crippen LogP contribution in [0.25, 0.3) is 0 Å². The molecule has 0 saturated carbocycles. The van der Waals surface area contributed by atoms with Gasteiger partial charge in [-0.3, -0.25) is 14.5 Å². The van der Waals surface area contributed by atoms with Crippen molar-refractivity contribution in [1.29, 1.82) is 0 Å². The quantitative estimate of drug-likeness (QED) is 0.886. The van der Waals surface area contributed by atoms with E-state index in [0.717, 1.165) is 5.56 Å². The lowest BCUT2D eigenvalue weighted by Crippen LogP contribution is -2.49. The van der Waals surface area contributed by atoms with Gasteiger partial charge in [-0.25, -0.2) is 0 Å². The zero-order valence-electron chi connectivity index (χ0n) is 13.7. The number of amides is 2. The normalized spacial score (nSPS) is 10.9. The number of benzene rings is 2. The summed E-state index contributed by atoms with van der Waals surface area (Å²) < 4.78 is 0. The highest BCUT2D eigenvalue weighted by molar-refractivity contribution is 6.40. The Morgan fingerprint density at radius 2 is 1.43 bits per heavy atom. The van der Waals surface area contributed by atoms with Crippen LogP contribution in [0.3, 0.4) is 0 Å². The van der Waals surface area contributed by atoms with E-state index in [-0.39, 0.29) is 0 Å². The molecule has 0 radical (unpaired) electrons. The van der Waals surface area contributed by atoms with Crippen LogP contribution in [0.2, 0.25) is 0 Å². The molecule has 1 N–H and O–H groups in total. The molecule has 4 nitrogen and oxygen atoms in total. The summed E-state index contributed by atoms with van der Waals surface area (Å²) in [6, 6.07) is 18.8. The lowest BCUT2D eigenvalue weighted by atomic mass is 10.1. The molecule has 0 aliphatic rings. The lowest BCUT2D eigenvalue weighted by molar-refractivity contribution is -0.138. The van der Waals surface area contributed by atoms with Gasteiger partial charge in [-0.2, -0.15) is 0 Å². The Morgan fingerprint density at radius 3 is 1.96 bits per heavy atom. The average molecular weight is 310 g/mol. The fraction of sp³-hybridized carbons (Fsp3) is 0.263. The van der Waals surface area contributed by atoms with Gasteiger partial charge in [0.25, 0.3) is 0 Å². The van der Waals surface area contributed by atoms with Crippen molar-refractivity contribution in [2.75, 3.05) is 4.90 Å². The maximum Gasteiger partial charge on any atom is 0.316 e. The molecule has 0 unspecified atom stereocenters. The highest BCUT2D eigenvalue weighted by atomic mass is 16.2. The Kier molecular flexibility index (Phi) is 5.16. The second-order valence-electron chi connectivity index (χ2n) is 6.42. The summed E-state index contributed by atoms with van der Waals surface area (Å²) in [6.07, 6.45) is 0. The summed E-state index contributed by atoms with van der Waals surface area (Å²) in [5, 5.41) is 2.72. The van der Waals surface area contributed by atoms with Gasteiger partial charge < -0.3 is 5.32 Å². The Hall–Kier alpha value is -2.62. The molecular weight excluding hydrogens is 288 g/mol. The van der Waals surface area contributed by atoms with E-state index < -0.39 is 17.4 Å². The van der Waals surface area contributed by atoms with E-state index in [1.807, 2.05) is 81.4 Å². The number of hydrogen-bond donors (Lipinski definition) is 1. The van der Waals surface area contributed by atoms with E-state index >= 15 is 0 Å². The zero-order valence-corrected chi connectivity index (χ0v) is 13.7. The second-order valence-corrected chi connectivity index (χ2v) is 6.42. The molecular formula is C19H22N2O2. The molecule has 120 valence electrons. The third-order valence-electron chi connectivity index (χ3n) is 3.18. The maximum atomic E-state index is 12.6.